The van der Waals surface area contributed by atoms with Gasteiger partial charge in [-0.1, -0.05) is 6.07 Å². The number of halogens is 2. The zero-order valence-corrected chi connectivity index (χ0v) is 13.2. The Morgan fingerprint density at radius 3 is 2.48 bits per heavy atom. The van der Waals surface area contributed by atoms with Crippen LogP contribution in [0, 0.1) is 10.1 Å². The molecule has 0 unspecified atom stereocenters. The van der Waals surface area contributed by atoms with Crippen molar-refractivity contribution < 1.29 is 26.9 Å². The minimum Gasteiger partial charge on any atom is -0.435 e. The van der Waals surface area contributed by atoms with E-state index in [-0.39, 0.29) is 16.3 Å². The fourth-order valence-corrected chi connectivity index (χ4v) is 2.55. The van der Waals surface area contributed by atoms with Crippen LogP contribution in [-0.4, -0.2) is 26.2 Å². The maximum Gasteiger partial charge on any atom is 0.387 e. The average Bonchev–Trinajstić information content (AvgIpc) is 2.56. The number of nitrogens with zero attached hydrogens (tertiary/aromatic N) is 2. The number of nitro benzene ring substituents is 1. The van der Waals surface area contributed by atoms with Gasteiger partial charge in [-0.05, 0) is 35.9 Å². The van der Waals surface area contributed by atoms with Gasteiger partial charge in [0.1, 0.15) is 5.75 Å². The first-order chi connectivity index (χ1) is 11.8. The summed E-state index contributed by atoms with van der Waals surface area (Å²) in [6, 6.07) is 9.79. The number of benzene rings is 2. The van der Waals surface area contributed by atoms with Crippen LogP contribution in [0.2, 0.25) is 0 Å². The zero-order valence-electron chi connectivity index (χ0n) is 12.4. The molecule has 0 amide bonds. The SMILES string of the molecule is O=[N+]([O-])c1cccc(S(=O)(=O)NN=Cc2ccc(OC(F)F)cc2)c1. The molecule has 132 valence electrons. The molecule has 0 spiro atoms. The average molecular weight is 371 g/mol. The first-order valence-corrected chi connectivity index (χ1v) is 8.10. The van der Waals surface area contributed by atoms with E-state index in [2.05, 4.69) is 9.84 Å². The second kappa shape index (κ2) is 7.66. The van der Waals surface area contributed by atoms with E-state index in [0.29, 0.717) is 5.56 Å². The molecule has 0 radical (unpaired) electrons. The summed E-state index contributed by atoms with van der Waals surface area (Å²) in [7, 11) is -4.09. The number of nitro groups is 1. The Kier molecular flexibility index (Phi) is 5.60. The molecule has 0 aliphatic carbocycles. The molecule has 0 aromatic heterocycles. The predicted molar refractivity (Wildman–Crippen MR) is 84.1 cm³/mol. The topological polar surface area (TPSA) is 111 Å². The molecule has 0 saturated carbocycles. The van der Waals surface area contributed by atoms with E-state index in [1.54, 1.807) is 0 Å². The number of alkyl halides is 2. The molecule has 25 heavy (non-hydrogen) atoms. The summed E-state index contributed by atoms with van der Waals surface area (Å²) in [5, 5.41) is 14.2. The van der Waals surface area contributed by atoms with Crippen molar-refractivity contribution >= 4 is 21.9 Å². The lowest BCUT2D eigenvalue weighted by atomic mass is 10.2. The van der Waals surface area contributed by atoms with Gasteiger partial charge in [-0.15, -0.1) is 0 Å². The minimum atomic E-state index is -4.09. The number of non-ortho nitro benzene ring substituents is 1. The first kappa shape index (κ1) is 18.3. The van der Waals surface area contributed by atoms with Gasteiger partial charge in [-0.3, -0.25) is 10.1 Å². The number of nitrogens with one attached hydrogen (secondary N) is 1. The Labute approximate surface area is 140 Å². The van der Waals surface area contributed by atoms with Crippen LogP contribution in [-0.2, 0) is 10.0 Å². The second-order valence-corrected chi connectivity index (χ2v) is 6.22. The number of rotatable bonds is 7. The van der Waals surface area contributed by atoms with Crippen LogP contribution in [0.4, 0.5) is 14.5 Å². The van der Waals surface area contributed by atoms with Crippen molar-refractivity contribution in [2.75, 3.05) is 0 Å². The lowest BCUT2D eigenvalue weighted by Gasteiger charge is -2.04. The number of hydrazone groups is 1. The highest BCUT2D eigenvalue weighted by molar-refractivity contribution is 7.89. The number of ether oxygens (including phenoxy) is 1. The summed E-state index contributed by atoms with van der Waals surface area (Å²) in [6.07, 6.45) is 1.14. The molecule has 0 fully saturated rings. The van der Waals surface area contributed by atoms with Crippen LogP contribution >= 0.6 is 0 Å². The number of hydrogen-bond acceptors (Lipinski definition) is 6. The van der Waals surface area contributed by atoms with Crippen LogP contribution in [0.1, 0.15) is 5.56 Å². The van der Waals surface area contributed by atoms with Gasteiger partial charge >= 0.3 is 6.61 Å². The van der Waals surface area contributed by atoms with Gasteiger partial charge in [-0.2, -0.15) is 22.3 Å². The Hall–Kier alpha value is -3.08. The zero-order chi connectivity index (χ0) is 18.4. The monoisotopic (exact) mass is 371 g/mol. The van der Waals surface area contributed by atoms with Crippen LogP contribution in [0.3, 0.4) is 0 Å². The second-order valence-electron chi connectivity index (χ2n) is 4.55. The van der Waals surface area contributed by atoms with Crippen molar-refractivity contribution in [3.63, 3.8) is 0 Å². The molecule has 0 atom stereocenters. The van der Waals surface area contributed by atoms with Crippen molar-refractivity contribution in [3.8, 4) is 5.75 Å². The number of hydrogen-bond donors (Lipinski definition) is 1. The van der Waals surface area contributed by atoms with Crippen molar-refractivity contribution in [1.82, 2.24) is 4.83 Å². The lowest BCUT2D eigenvalue weighted by molar-refractivity contribution is -0.385. The first-order valence-electron chi connectivity index (χ1n) is 6.62. The summed E-state index contributed by atoms with van der Waals surface area (Å²) in [5.74, 6) is -0.0516. The van der Waals surface area contributed by atoms with E-state index < -0.39 is 21.6 Å². The molecule has 2 rings (SSSR count). The van der Waals surface area contributed by atoms with E-state index in [4.69, 9.17) is 0 Å². The number of sulfonamides is 1. The third-order valence-electron chi connectivity index (χ3n) is 2.83. The van der Waals surface area contributed by atoms with E-state index in [1.165, 1.54) is 36.4 Å². The van der Waals surface area contributed by atoms with Crippen molar-refractivity contribution in [3.05, 3.63) is 64.2 Å². The summed E-state index contributed by atoms with van der Waals surface area (Å²) in [4.78, 5) is 11.5. The van der Waals surface area contributed by atoms with Crippen molar-refractivity contribution in [2.24, 2.45) is 5.10 Å². The molecule has 2 aromatic rings. The van der Waals surface area contributed by atoms with E-state index in [9.17, 15) is 27.3 Å². The molecular formula is C14H11F2N3O5S. The van der Waals surface area contributed by atoms with Crippen molar-refractivity contribution in [1.29, 1.82) is 0 Å². The smallest absolute Gasteiger partial charge is 0.387 e. The molecule has 0 saturated heterocycles. The van der Waals surface area contributed by atoms with Gasteiger partial charge in [0.2, 0.25) is 0 Å². The summed E-state index contributed by atoms with van der Waals surface area (Å²) >= 11 is 0. The van der Waals surface area contributed by atoms with Gasteiger partial charge in [0.05, 0.1) is 16.0 Å². The third kappa shape index (κ3) is 5.21. The van der Waals surface area contributed by atoms with E-state index in [0.717, 1.165) is 18.3 Å². The lowest BCUT2D eigenvalue weighted by Crippen LogP contribution is -2.18. The van der Waals surface area contributed by atoms with Gasteiger partial charge < -0.3 is 4.74 Å². The van der Waals surface area contributed by atoms with Gasteiger partial charge in [-0.25, -0.2) is 4.83 Å². The Morgan fingerprint density at radius 1 is 1.20 bits per heavy atom. The maximum absolute atomic E-state index is 12.0. The molecule has 0 aliphatic heterocycles. The predicted octanol–water partition coefficient (Wildman–Crippen LogP) is 2.51. The van der Waals surface area contributed by atoms with Gasteiger partial charge in [0, 0.05) is 12.1 Å². The standard InChI is InChI=1S/C14H11F2N3O5S/c15-14(16)24-12-6-4-10(5-7-12)9-17-18-25(22,23)13-3-1-2-11(8-13)19(20)21/h1-9,14,18H. The quantitative estimate of drug-likeness (QED) is 0.457. The molecule has 0 aliphatic rings. The van der Waals surface area contributed by atoms with Crippen molar-refractivity contribution in [2.45, 2.75) is 11.5 Å². The minimum absolute atomic E-state index is 0.0516. The maximum atomic E-state index is 12.0. The normalized spacial score (nSPS) is 11.6. The molecule has 8 nitrogen and oxygen atoms in total. The molecule has 2 aromatic carbocycles. The highest BCUT2D eigenvalue weighted by atomic mass is 32.2. The van der Waals surface area contributed by atoms with Crippen LogP contribution in [0.15, 0.2) is 58.5 Å². The third-order valence-corrected chi connectivity index (χ3v) is 4.05. The molecule has 0 heterocycles. The molecular weight excluding hydrogens is 360 g/mol. The highest BCUT2D eigenvalue weighted by Crippen LogP contribution is 2.17. The summed E-state index contributed by atoms with van der Waals surface area (Å²) < 4.78 is 52.3. The highest BCUT2D eigenvalue weighted by Gasteiger charge is 2.16. The van der Waals surface area contributed by atoms with Gasteiger partial charge in [0.15, 0.2) is 0 Å². The van der Waals surface area contributed by atoms with Crippen LogP contribution in [0.5, 0.6) is 5.75 Å². The fourth-order valence-electron chi connectivity index (χ4n) is 1.72. The Bertz CT molecular complexity index is 886. The Morgan fingerprint density at radius 2 is 1.88 bits per heavy atom. The molecule has 11 heteroatoms. The van der Waals surface area contributed by atoms with Crippen LogP contribution in [0.25, 0.3) is 0 Å². The molecule has 0 bridgehead atoms. The van der Waals surface area contributed by atoms with E-state index >= 15 is 0 Å². The largest absolute Gasteiger partial charge is 0.435 e. The fraction of sp³-hybridized carbons (Fsp3) is 0.0714. The van der Waals surface area contributed by atoms with E-state index in [1.807, 2.05) is 4.83 Å². The Balaban J connectivity index is 2.07. The summed E-state index contributed by atoms with van der Waals surface area (Å²) in [5.41, 5.74) is 0.0461. The van der Waals surface area contributed by atoms with Gasteiger partial charge in [0.25, 0.3) is 15.7 Å². The van der Waals surface area contributed by atoms with Crippen LogP contribution < -0.4 is 9.57 Å². The molecule has 1 N–H and O–H groups in total. The summed E-state index contributed by atoms with van der Waals surface area (Å²) in [6.45, 7) is -2.94.